The first-order chi connectivity index (χ1) is 6.11. The van der Waals surface area contributed by atoms with Crippen molar-refractivity contribution < 1.29 is 9.84 Å². The zero-order valence-electron chi connectivity index (χ0n) is 8.99. The van der Waals surface area contributed by atoms with Crippen molar-refractivity contribution in [3.63, 3.8) is 0 Å². The Morgan fingerprint density at radius 1 is 1.38 bits per heavy atom. The van der Waals surface area contributed by atoms with E-state index in [2.05, 4.69) is 13.8 Å². The molecule has 1 aliphatic heterocycles. The second-order valence-corrected chi connectivity index (χ2v) is 4.61. The van der Waals surface area contributed by atoms with Gasteiger partial charge in [0.05, 0.1) is 6.10 Å². The van der Waals surface area contributed by atoms with Gasteiger partial charge in [0.1, 0.15) is 0 Å². The molecule has 0 amide bonds. The smallest absolute Gasteiger partial charge is 0.0542 e. The van der Waals surface area contributed by atoms with Crippen LogP contribution in [-0.2, 0) is 4.74 Å². The molecule has 3 unspecified atom stereocenters. The molecule has 0 aromatic carbocycles. The van der Waals surface area contributed by atoms with E-state index in [0.717, 1.165) is 19.6 Å². The SMILES string of the molecule is CC(C)C(CC1CCOC1)C(C)O. The molecule has 0 aliphatic carbocycles. The first kappa shape index (κ1) is 11.0. The fourth-order valence-corrected chi connectivity index (χ4v) is 2.18. The molecule has 1 heterocycles. The lowest BCUT2D eigenvalue weighted by atomic mass is 9.83. The summed E-state index contributed by atoms with van der Waals surface area (Å²) in [6.07, 6.45) is 2.12. The number of aliphatic hydroxyl groups excluding tert-OH is 1. The minimum Gasteiger partial charge on any atom is -0.393 e. The highest BCUT2D eigenvalue weighted by atomic mass is 16.5. The van der Waals surface area contributed by atoms with E-state index >= 15 is 0 Å². The molecule has 1 N–H and O–H groups in total. The molecule has 0 bridgehead atoms. The zero-order chi connectivity index (χ0) is 9.84. The predicted molar refractivity (Wildman–Crippen MR) is 53.6 cm³/mol. The third-order valence-electron chi connectivity index (χ3n) is 3.11. The summed E-state index contributed by atoms with van der Waals surface area (Å²) < 4.78 is 5.34. The molecule has 3 atom stereocenters. The van der Waals surface area contributed by atoms with E-state index in [-0.39, 0.29) is 6.10 Å². The van der Waals surface area contributed by atoms with Gasteiger partial charge in [0, 0.05) is 13.2 Å². The first-order valence-electron chi connectivity index (χ1n) is 5.37. The van der Waals surface area contributed by atoms with Crippen molar-refractivity contribution in [1.82, 2.24) is 0 Å². The highest BCUT2D eigenvalue weighted by Crippen LogP contribution is 2.28. The average molecular weight is 186 g/mol. The van der Waals surface area contributed by atoms with Crippen molar-refractivity contribution in [2.24, 2.45) is 17.8 Å². The molecular formula is C11H22O2. The summed E-state index contributed by atoms with van der Waals surface area (Å²) in [6.45, 7) is 8.09. The predicted octanol–water partition coefficient (Wildman–Crippen LogP) is 2.07. The van der Waals surface area contributed by atoms with Crippen LogP contribution >= 0.6 is 0 Å². The van der Waals surface area contributed by atoms with Crippen molar-refractivity contribution in [3.05, 3.63) is 0 Å². The fraction of sp³-hybridized carbons (Fsp3) is 1.00. The number of aliphatic hydroxyl groups is 1. The van der Waals surface area contributed by atoms with Crippen LogP contribution < -0.4 is 0 Å². The van der Waals surface area contributed by atoms with Gasteiger partial charge in [0.25, 0.3) is 0 Å². The lowest BCUT2D eigenvalue weighted by Gasteiger charge is -2.26. The van der Waals surface area contributed by atoms with Gasteiger partial charge < -0.3 is 9.84 Å². The van der Waals surface area contributed by atoms with Crippen molar-refractivity contribution in [2.45, 2.75) is 39.7 Å². The fourth-order valence-electron chi connectivity index (χ4n) is 2.18. The summed E-state index contributed by atoms with van der Waals surface area (Å²) in [7, 11) is 0. The second-order valence-electron chi connectivity index (χ2n) is 4.61. The van der Waals surface area contributed by atoms with Crippen LogP contribution in [0.1, 0.15) is 33.6 Å². The number of rotatable bonds is 4. The highest BCUT2D eigenvalue weighted by molar-refractivity contribution is 4.75. The van der Waals surface area contributed by atoms with Crippen molar-refractivity contribution >= 4 is 0 Å². The Bertz CT molecular complexity index is 129. The highest BCUT2D eigenvalue weighted by Gasteiger charge is 2.25. The van der Waals surface area contributed by atoms with Gasteiger partial charge in [0.15, 0.2) is 0 Å². The third-order valence-corrected chi connectivity index (χ3v) is 3.11. The molecule has 1 saturated heterocycles. The Hall–Kier alpha value is -0.0800. The molecule has 0 aromatic rings. The van der Waals surface area contributed by atoms with Gasteiger partial charge in [-0.3, -0.25) is 0 Å². The molecule has 0 saturated carbocycles. The number of ether oxygens (including phenoxy) is 1. The Balaban J connectivity index is 2.37. The quantitative estimate of drug-likeness (QED) is 0.728. The average Bonchev–Trinajstić information content (AvgIpc) is 2.50. The van der Waals surface area contributed by atoms with Crippen LogP contribution in [0.5, 0.6) is 0 Å². The van der Waals surface area contributed by atoms with E-state index in [1.807, 2.05) is 6.92 Å². The zero-order valence-corrected chi connectivity index (χ0v) is 8.99. The molecule has 1 fully saturated rings. The van der Waals surface area contributed by atoms with Crippen molar-refractivity contribution in [2.75, 3.05) is 13.2 Å². The third kappa shape index (κ3) is 3.28. The van der Waals surface area contributed by atoms with Gasteiger partial charge in [-0.15, -0.1) is 0 Å². The molecule has 78 valence electrons. The van der Waals surface area contributed by atoms with Crippen LogP contribution in [0.2, 0.25) is 0 Å². The van der Waals surface area contributed by atoms with Gasteiger partial charge in [0.2, 0.25) is 0 Å². The molecule has 0 spiro atoms. The van der Waals surface area contributed by atoms with E-state index in [9.17, 15) is 5.11 Å². The van der Waals surface area contributed by atoms with Crippen molar-refractivity contribution in [3.8, 4) is 0 Å². The van der Waals surface area contributed by atoms with Crippen LogP contribution in [0.15, 0.2) is 0 Å². The molecule has 2 heteroatoms. The number of hydrogen-bond donors (Lipinski definition) is 1. The lowest BCUT2D eigenvalue weighted by Crippen LogP contribution is -2.25. The summed E-state index contributed by atoms with van der Waals surface area (Å²) in [5.41, 5.74) is 0. The van der Waals surface area contributed by atoms with E-state index in [1.165, 1.54) is 6.42 Å². The van der Waals surface area contributed by atoms with Gasteiger partial charge >= 0.3 is 0 Å². The molecule has 1 rings (SSSR count). The summed E-state index contributed by atoms with van der Waals surface area (Å²) in [6, 6.07) is 0. The van der Waals surface area contributed by atoms with Crippen LogP contribution in [0, 0.1) is 17.8 Å². The maximum absolute atomic E-state index is 9.60. The molecular weight excluding hydrogens is 164 g/mol. The van der Waals surface area contributed by atoms with Gasteiger partial charge in [-0.05, 0) is 37.5 Å². The Morgan fingerprint density at radius 3 is 2.46 bits per heavy atom. The Kier molecular flexibility index (Phi) is 4.20. The van der Waals surface area contributed by atoms with E-state index in [1.54, 1.807) is 0 Å². The van der Waals surface area contributed by atoms with Gasteiger partial charge in [-0.1, -0.05) is 13.8 Å². The molecule has 1 aliphatic rings. The molecule has 0 radical (unpaired) electrons. The Labute approximate surface area is 81.3 Å². The maximum atomic E-state index is 9.60. The summed E-state index contributed by atoms with van der Waals surface area (Å²) in [4.78, 5) is 0. The second kappa shape index (κ2) is 4.97. The van der Waals surface area contributed by atoms with Crippen LogP contribution in [0.3, 0.4) is 0 Å². The van der Waals surface area contributed by atoms with E-state index < -0.39 is 0 Å². The lowest BCUT2D eigenvalue weighted by molar-refractivity contribution is 0.0770. The topological polar surface area (TPSA) is 29.5 Å². The normalized spacial score (nSPS) is 27.9. The maximum Gasteiger partial charge on any atom is 0.0542 e. The van der Waals surface area contributed by atoms with E-state index in [4.69, 9.17) is 4.74 Å². The van der Waals surface area contributed by atoms with Gasteiger partial charge in [-0.2, -0.15) is 0 Å². The summed E-state index contributed by atoms with van der Waals surface area (Å²) in [5.74, 6) is 1.69. The summed E-state index contributed by atoms with van der Waals surface area (Å²) >= 11 is 0. The number of hydrogen-bond acceptors (Lipinski definition) is 2. The van der Waals surface area contributed by atoms with E-state index in [0.29, 0.717) is 17.8 Å². The largest absolute Gasteiger partial charge is 0.393 e. The van der Waals surface area contributed by atoms with Crippen LogP contribution in [0.25, 0.3) is 0 Å². The first-order valence-corrected chi connectivity index (χ1v) is 5.37. The molecule has 0 aromatic heterocycles. The summed E-state index contributed by atoms with van der Waals surface area (Å²) in [5, 5.41) is 9.60. The van der Waals surface area contributed by atoms with Crippen molar-refractivity contribution in [1.29, 1.82) is 0 Å². The minimum atomic E-state index is -0.180. The molecule has 13 heavy (non-hydrogen) atoms. The molecule has 2 nitrogen and oxygen atoms in total. The standard InChI is InChI=1S/C11H22O2/c1-8(2)11(9(3)12)6-10-4-5-13-7-10/h8-12H,4-7H2,1-3H3. The Morgan fingerprint density at radius 2 is 2.08 bits per heavy atom. The monoisotopic (exact) mass is 186 g/mol. The van der Waals surface area contributed by atoms with Gasteiger partial charge in [-0.25, -0.2) is 0 Å². The minimum absolute atomic E-state index is 0.180. The van der Waals surface area contributed by atoms with Crippen LogP contribution in [0.4, 0.5) is 0 Å². The van der Waals surface area contributed by atoms with Crippen LogP contribution in [-0.4, -0.2) is 24.4 Å².